The monoisotopic (exact) mass is 326 g/mol. The number of nitrogens with one attached hydrogen (secondary N) is 2. The highest BCUT2D eigenvalue weighted by Crippen LogP contribution is 2.28. The third-order valence-electron chi connectivity index (χ3n) is 3.55. The molecular formula is C15H22N2O4S. The average Bonchev–Trinajstić information content (AvgIpc) is 2.92. The van der Waals surface area contributed by atoms with E-state index in [-0.39, 0.29) is 16.8 Å². The second-order valence-electron chi connectivity index (χ2n) is 5.37. The van der Waals surface area contributed by atoms with Crippen LogP contribution in [0.2, 0.25) is 0 Å². The highest BCUT2D eigenvalue weighted by atomic mass is 32.2. The highest BCUT2D eigenvalue weighted by molar-refractivity contribution is 7.89. The Hall–Kier alpha value is -1.60. The van der Waals surface area contributed by atoms with Crippen LogP contribution in [0.1, 0.15) is 39.5 Å². The van der Waals surface area contributed by atoms with E-state index in [0.29, 0.717) is 18.0 Å². The normalized spacial score (nSPS) is 15.7. The van der Waals surface area contributed by atoms with Gasteiger partial charge >= 0.3 is 0 Å². The summed E-state index contributed by atoms with van der Waals surface area (Å²) in [6.45, 7) is 3.62. The number of amides is 1. The molecule has 7 heteroatoms. The predicted octanol–water partition coefficient (Wildman–Crippen LogP) is 2.26. The Labute approximate surface area is 131 Å². The highest BCUT2D eigenvalue weighted by Gasteiger charge is 2.23. The first-order valence-electron chi connectivity index (χ1n) is 7.49. The lowest BCUT2D eigenvalue weighted by Crippen LogP contribution is -2.32. The van der Waals surface area contributed by atoms with Gasteiger partial charge in [0.1, 0.15) is 5.75 Å². The minimum Gasteiger partial charge on any atom is -0.492 e. The molecule has 122 valence electrons. The van der Waals surface area contributed by atoms with Crippen molar-refractivity contribution in [1.82, 2.24) is 4.72 Å². The average molecular weight is 326 g/mol. The molecule has 2 N–H and O–H groups in total. The molecular weight excluding hydrogens is 304 g/mol. The summed E-state index contributed by atoms with van der Waals surface area (Å²) in [5.74, 6) is 0.178. The first-order valence-corrected chi connectivity index (χ1v) is 8.97. The van der Waals surface area contributed by atoms with Crippen LogP contribution in [0.25, 0.3) is 0 Å². The zero-order valence-electron chi connectivity index (χ0n) is 12.9. The van der Waals surface area contributed by atoms with Crippen molar-refractivity contribution in [1.29, 1.82) is 0 Å². The van der Waals surface area contributed by atoms with E-state index in [1.54, 1.807) is 6.07 Å². The summed E-state index contributed by atoms with van der Waals surface area (Å²) in [7, 11) is -3.59. The maximum atomic E-state index is 12.4. The number of ether oxygens (including phenoxy) is 1. The van der Waals surface area contributed by atoms with Crippen molar-refractivity contribution < 1.29 is 17.9 Å². The molecule has 0 radical (unpaired) electrons. The predicted molar refractivity (Wildman–Crippen MR) is 84.5 cm³/mol. The summed E-state index contributed by atoms with van der Waals surface area (Å²) in [6.07, 6.45) is 3.84. The number of hydrogen-bond donors (Lipinski definition) is 2. The van der Waals surface area contributed by atoms with Crippen molar-refractivity contribution in [2.75, 3.05) is 11.9 Å². The van der Waals surface area contributed by atoms with E-state index in [0.717, 1.165) is 25.7 Å². The van der Waals surface area contributed by atoms with Gasteiger partial charge in [-0.25, -0.2) is 13.1 Å². The van der Waals surface area contributed by atoms with E-state index >= 15 is 0 Å². The molecule has 2 rings (SSSR count). The molecule has 0 unspecified atom stereocenters. The van der Waals surface area contributed by atoms with Crippen LogP contribution in [0.15, 0.2) is 23.1 Å². The van der Waals surface area contributed by atoms with Gasteiger partial charge in [-0.15, -0.1) is 0 Å². The molecule has 1 aliphatic carbocycles. The number of carbonyl (C=O) groups is 1. The Morgan fingerprint density at radius 2 is 2.00 bits per heavy atom. The smallest absolute Gasteiger partial charge is 0.240 e. The summed E-state index contributed by atoms with van der Waals surface area (Å²) in [6, 6.07) is 4.50. The van der Waals surface area contributed by atoms with Crippen LogP contribution < -0.4 is 14.8 Å². The van der Waals surface area contributed by atoms with E-state index < -0.39 is 10.0 Å². The van der Waals surface area contributed by atoms with E-state index in [1.165, 1.54) is 19.1 Å². The van der Waals surface area contributed by atoms with Gasteiger partial charge in [0.05, 0.1) is 17.2 Å². The molecule has 1 aliphatic rings. The summed E-state index contributed by atoms with van der Waals surface area (Å²) in [5, 5.41) is 2.61. The fourth-order valence-corrected chi connectivity index (χ4v) is 3.91. The van der Waals surface area contributed by atoms with Crippen LogP contribution in [0.4, 0.5) is 5.69 Å². The maximum absolute atomic E-state index is 12.4. The van der Waals surface area contributed by atoms with E-state index in [9.17, 15) is 13.2 Å². The number of anilines is 1. The van der Waals surface area contributed by atoms with Gasteiger partial charge in [-0.05, 0) is 38.0 Å². The Morgan fingerprint density at radius 1 is 1.32 bits per heavy atom. The second-order valence-corrected chi connectivity index (χ2v) is 7.09. The van der Waals surface area contributed by atoms with Gasteiger partial charge in [0.15, 0.2) is 0 Å². The lowest BCUT2D eigenvalue weighted by Gasteiger charge is -2.15. The van der Waals surface area contributed by atoms with Gasteiger partial charge in [-0.3, -0.25) is 4.79 Å². The van der Waals surface area contributed by atoms with Crippen LogP contribution >= 0.6 is 0 Å². The van der Waals surface area contributed by atoms with Crippen molar-refractivity contribution in [3.63, 3.8) is 0 Å². The van der Waals surface area contributed by atoms with Gasteiger partial charge in [-0.1, -0.05) is 12.8 Å². The van der Waals surface area contributed by atoms with Gasteiger partial charge in [0.2, 0.25) is 15.9 Å². The van der Waals surface area contributed by atoms with Gasteiger partial charge < -0.3 is 10.1 Å². The van der Waals surface area contributed by atoms with Gasteiger partial charge in [0.25, 0.3) is 0 Å². The quantitative estimate of drug-likeness (QED) is 0.840. The zero-order valence-corrected chi connectivity index (χ0v) is 13.7. The number of hydrogen-bond acceptors (Lipinski definition) is 4. The van der Waals surface area contributed by atoms with Crippen molar-refractivity contribution in [2.45, 2.75) is 50.5 Å². The van der Waals surface area contributed by atoms with Gasteiger partial charge in [0, 0.05) is 13.0 Å². The SMILES string of the molecule is CCOc1ccc(S(=O)(=O)NC2CCCC2)cc1NC(C)=O. The molecule has 0 saturated heterocycles. The molecule has 1 aromatic rings. The fraction of sp³-hybridized carbons (Fsp3) is 0.533. The molecule has 1 saturated carbocycles. The molecule has 0 spiro atoms. The Kier molecular flexibility index (Phi) is 5.42. The summed E-state index contributed by atoms with van der Waals surface area (Å²) in [4.78, 5) is 11.4. The van der Waals surface area contributed by atoms with Crippen molar-refractivity contribution in [2.24, 2.45) is 0 Å². The summed E-state index contributed by atoms with van der Waals surface area (Å²) >= 11 is 0. The van der Waals surface area contributed by atoms with Crippen LogP contribution in [0.5, 0.6) is 5.75 Å². The number of carbonyl (C=O) groups excluding carboxylic acids is 1. The molecule has 6 nitrogen and oxygen atoms in total. The molecule has 1 aromatic carbocycles. The van der Waals surface area contributed by atoms with E-state index in [2.05, 4.69) is 10.0 Å². The van der Waals surface area contributed by atoms with Gasteiger partial charge in [-0.2, -0.15) is 0 Å². The lowest BCUT2D eigenvalue weighted by atomic mass is 10.3. The van der Waals surface area contributed by atoms with E-state index in [4.69, 9.17) is 4.74 Å². The Balaban J connectivity index is 2.27. The molecule has 1 amide bonds. The molecule has 0 heterocycles. The maximum Gasteiger partial charge on any atom is 0.240 e. The largest absolute Gasteiger partial charge is 0.492 e. The van der Waals surface area contributed by atoms with E-state index in [1.807, 2.05) is 6.92 Å². The molecule has 0 aromatic heterocycles. The van der Waals surface area contributed by atoms with Crippen molar-refractivity contribution in [3.05, 3.63) is 18.2 Å². The van der Waals surface area contributed by atoms with Crippen LogP contribution in [-0.2, 0) is 14.8 Å². The number of rotatable bonds is 6. The zero-order chi connectivity index (χ0) is 16.2. The third-order valence-corrected chi connectivity index (χ3v) is 5.07. The molecule has 0 aliphatic heterocycles. The fourth-order valence-electron chi connectivity index (χ4n) is 2.58. The van der Waals surface area contributed by atoms with Crippen molar-refractivity contribution in [3.8, 4) is 5.75 Å². The second kappa shape index (κ2) is 7.11. The first kappa shape index (κ1) is 16.8. The topological polar surface area (TPSA) is 84.5 Å². The number of benzene rings is 1. The van der Waals surface area contributed by atoms with Crippen LogP contribution in [-0.4, -0.2) is 27.0 Å². The Morgan fingerprint density at radius 3 is 2.59 bits per heavy atom. The first-order chi connectivity index (χ1) is 10.4. The minimum absolute atomic E-state index is 0.000726. The number of sulfonamides is 1. The van der Waals surface area contributed by atoms with Crippen LogP contribution in [0, 0.1) is 0 Å². The molecule has 0 atom stereocenters. The lowest BCUT2D eigenvalue weighted by molar-refractivity contribution is -0.114. The molecule has 0 bridgehead atoms. The Bertz CT molecular complexity index is 637. The van der Waals surface area contributed by atoms with Crippen molar-refractivity contribution >= 4 is 21.6 Å². The molecule has 22 heavy (non-hydrogen) atoms. The summed E-state index contributed by atoms with van der Waals surface area (Å²) < 4.78 is 33.0. The summed E-state index contributed by atoms with van der Waals surface area (Å²) in [5.41, 5.74) is 0.364. The molecule has 1 fully saturated rings. The van der Waals surface area contributed by atoms with Crippen LogP contribution in [0.3, 0.4) is 0 Å². The standard InChI is InChI=1S/C15H22N2O4S/c1-3-21-15-9-8-13(10-14(15)16-11(2)18)22(19,20)17-12-6-4-5-7-12/h8-10,12,17H,3-7H2,1-2H3,(H,16,18). The third kappa shape index (κ3) is 4.20. The minimum atomic E-state index is -3.59.